The van der Waals surface area contributed by atoms with Gasteiger partial charge in [-0.05, 0) is 31.1 Å². The minimum absolute atomic E-state index is 0.0207. The zero-order chi connectivity index (χ0) is 12.2. The van der Waals surface area contributed by atoms with Crippen LogP contribution in [0.3, 0.4) is 0 Å². The van der Waals surface area contributed by atoms with Crippen LogP contribution in [0.4, 0.5) is 0 Å². The van der Waals surface area contributed by atoms with Gasteiger partial charge in [0, 0.05) is 6.61 Å². The van der Waals surface area contributed by atoms with E-state index in [1.54, 1.807) is 0 Å². The highest BCUT2D eigenvalue weighted by Crippen LogP contribution is 2.34. The standard InChI is InChI=1S/C14H28O2/c1-5-16-13(14(2,3)4)12(15)11-9-7-6-8-10-11/h11-13,15H,5-10H2,1-4H3. The van der Waals surface area contributed by atoms with E-state index in [2.05, 4.69) is 20.8 Å². The van der Waals surface area contributed by atoms with E-state index in [4.69, 9.17) is 4.74 Å². The molecule has 0 saturated heterocycles. The van der Waals surface area contributed by atoms with Crippen LogP contribution >= 0.6 is 0 Å². The molecule has 1 aliphatic rings. The van der Waals surface area contributed by atoms with Gasteiger partial charge in [0.15, 0.2) is 0 Å². The fraction of sp³-hybridized carbons (Fsp3) is 1.00. The lowest BCUT2D eigenvalue weighted by Gasteiger charge is -2.39. The van der Waals surface area contributed by atoms with E-state index in [9.17, 15) is 5.11 Å². The Bertz CT molecular complexity index is 189. The summed E-state index contributed by atoms with van der Waals surface area (Å²) in [6.45, 7) is 9.15. The molecule has 1 N–H and O–H groups in total. The molecule has 2 unspecified atom stereocenters. The van der Waals surface area contributed by atoms with Gasteiger partial charge in [-0.1, -0.05) is 40.0 Å². The van der Waals surface area contributed by atoms with Crippen LogP contribution in [0.15, 0.2) is 0 Å². The maximum Gasteiger partial charge on any atom is 0.0884 e. The largest absolute Gasteiger partial charge is 0.390 e. The van der Waals surface area contributed by atoms with Crippen molar-refractivity contribution in [2.45, 2.75) is 72.0 Å². The Hall–Kier alpha value is -0.0800. The zero-order valence-electron chi connectivity index (χ0n) is 11.3. The molecule has 0 radical (unpaired) electrons. The Morgan fingerprint density at radius 2 is 1.75 bits per heavy atom. The van der Waals surface area contributed by atoms with Gasteiger partial charge in [-0.2, -0.15) is 0 Å². The van der Waals surface area contributed by atoms with Crippen molar-refractivity contribution >= 4 is 0 Å². The zero-order valence-corrected chi connectivity index (χ0v) is 11.3. The van der Waals surface area contributed by atoms with Gasteiger partial charge in [-0.25, -0.2) is 0 Å². The third-order valence-electron chi connectivity index (χ3n) is 3.64. The summed E-state index contributed by atoms with van der Waals surface area (Å²) in [7, 11) is 0. The van der Waals surface area contributed by atoms with Crippen LogP contribution in [0.1, 0.15) is 59.8 Å². The predicted octanol–water partition coefficient (Wildman–Crippen LogP) is 3.38. The molecule has 1 aliphatic carbocycles. The first-order chi connectivity index (χ1) is 7.46. The van der Waals surface area contributed by atoms with Crippen LogP contribution in [0.2, 0.25) is 0 Å². The predicted molar refractivity (Wildman–Crippen MR) is 67.5 cm³/mol. The molecule has 2 heteroatoms. The van der Waals surface area contributed by atoms with Crippen LogP contribution in [0.25, 0.3) is 0 Å². The number of aliphatic hydroxyl groups is 1. The first kappa shape index (κ1) is 14.0. The fourth-order valence-electron chi connectivity index (χ4n) is 2.76. The highest BCUT2D eigenvalue weighted by atomic mass is 16.5. The molecule has 0 bridgehead atoms. The van der Waals surface area contributed by atoms with Gasteiger partial charge in [0.25, 0.3) is 0 Å². The molecule has 0 aromatic carbocycles. The number of ether oxygens (including phenoxy) is 1. The quantitative estimate of drug-likeness (QED) is 0.799. The summed E-state index contributed by atoms with van der Waals surface area (Å²) >= 11 is 0. The molecule has 0 aromatic heterocycles. The van der Waals surface area contributed by atoms with Gasteiger partial charge in [-0.3, -0.25) is 0 Å². The Morgan fingerprint density at radius 1 is 1.19 bits per heavy atom. The highest BCUT2D eigenvalue weighted by molar-refractivity contribution is 4.86. The van der Waals surface area contributed by atoms with E-state index in [1.165, 1.54) is 32.1 Å². The molecule has 1 fully saturated rings. The molecule has 16 heavy (non-hydrogen) atoms. The highest BCUT2D eigenvalue weighted by Gasteiger charge is 2.36. The molecule has 0 amide bonds. The van der Waals surface area contributed by atoms with Crippen molar-refractivity contribution < 1.29 is 9.84 Å². The van der Waals surface area contributed by atoms with E-state index in [-0.39, 0.29) is 17.6 Å². The van der Waals surface area contributed by atoms with Gasteiger partial charge < -0.3 is 9.84 Å². The van der Waals surface area contributed by atoms with E-state index >= 15 is 0 Å². The van der Waals surface area contributed by atoms with Crippen LogP contribution < -0.4 is 0 Å². The van der Waals surface area contributed by atoms with Crippen molar-refractivity contribution in [2.75, 3.05) is 6.61 Å². The van der Waals surface area contributed by atoms with Crippen molar-refractivity contribution in [1.29, 1.82) is 0 Å². The molecule has 0 heterocycles. The van der Waals surface area contributed by atoms with Gasteiger partial charge in [0.05, 0.1) is 12.2 Å². The summed E-state index contributed by atoms with van der Waals surface area (Å²) in [4.78, 5) is 0. The second kappa shape index (κ2) is 6.02. The summed E-state index contributed by atoms with van der Waals surface area (Å²) in [5, 5.41) is 10.5. The van der Waals surface area contributed by atoms with Crippen LogP contribution in [0, 0.1) is 11.3 Å². The minimum atomic E-state index is -0.291. The monoisotopic (exact) mass is 228 g/mol. The molecule has 1 saturated carbocycles. The van der Waals surface area contributed by atoms with Crippen molar-refractivity contribution in [2.24, 2.45) is 11.3 Å². The van der Waals surface area contributed by atoms with Crippen molar-refractivity contribution in [3.05, 3.63) is 0 Å². The molecule has 96 valence electrons. The number of hydrogen-bond donors (Lipinski definition) is 1. The van der Waals surface area contributed by atoms with Crippen LogP contribution in [-0.2, 0) is 4.74 Å². The topological polar surface area (TPSA) is 29.5 Å². The fourth-order valence-corrected chi connectivity index (χ4v) is 2.76. The van der Waals surface area contributed by atoms with E-state index < -0.39 is 0 Å². The van der Waals surface area contributed by atoms with Gasteiger partial charge in [0.1, 0.15) is 0 Å². The van der Waals surface area contributed by atoms with Gasteiger partial charge in [-0.15, -0.1) is 0 Å². The first-order valence-electron chi connectivity index (χ1n) is 6.76. The Labute approximate surface area is 100 Å². The molecule has 2 atom stereocenters. The maximum absolute atomic E-state index is 10.5. The lowest BCUT2D eigenvalue weighted by molar-refractivity contribution is -0.112. The molecular weight excluding hydrogens is 200 g/mol. The molecule has 0 aliphatic heterocycles. The summed E-state index contributed by atoms with van der Waals surface area (Å²) < 4.78 is 5.77. The lowest BCUT2D eigenvalue weighted by Crippen LogP contribution is -2.44. The molecule has 2 nitrogen and oxygen atoms in total. The van der Waals surface area contributed by atoms with Crippen molar-refractivity contribution in [1.82, 2.24) is 0 Å². The summed E-state index contributed by atoms with van der Waals surface area (Å²) in [5.74, 6) is 0.449. The Kier molecular flexibility index (Phi) is 5.26. The minimum Gasteiger partial charge on any atom is -0.390 e. The van der Waals surface area contributed by atoms with Crippen LogP contribution in [0.5, 0.6) is 0 Å². The third-order valence-corrected chi connectivity index (χ3v) is 3.64. The lowest BCUT2D eigenvalue weighted by atomic mass is 9.76. The SMILES string of the molecule is CCOC(C(O)C1CCCCC1)C(C)(C)C. The van der Waals surface area contributed by atoms with E-state index in [1.807, 2.05) is 6.92 Å². The van der Waals surface area contributed by atoms with E-state index in [0.717, 1.165) is 0 Å². The normalized spacial score (nSPS) is 23.1. The number of hydrogen-bond acceptors (Lipinski definition) is 2. The summed E-state index contributed by atoms with van der Waals surface area (Å²) in [6, 6.07) is 0. The Balaban J connectivity index is 2.61. The molecule has 0 spiro atoms. The molecular formula is C14H28O2. The van der Waals surface area contributed by atoms with Crippen LogP contribution in [-0.4, -0.2) is 23.9 Å². The van der Waals surface area contributed by atoms with Crippen molar-refractivity contribution in [3.63, 3.8) is 0 Å². The molecule has 1 rings (SSSR count). The van der Waals surface area contributed by atoms with Crippen molar-refractivity contribution in [3.8, 4) is 0 Å². The van der Waals surface area contributed by atoms with Gasteiger partial charge >= 0.3 is 0 Å². The Morgan fingerprint density at radius 3 is 2.19 bits per heavy atom. The average molecular weight is 228 g/mol. The van der Waals surface area contributed by atoms with E-state index in [0.29, 0.717) is 12.5 Å². The average Bonchev–Trinajstić information content (AvgIpc) is 2.25. The number of aliphatic hydroxyl groups excluding tert-OH is 1. The second-order valence-electron chi connectivity index (χ2n) is 6.13. The third kappa shape index (κ3) is 3.74. The van der Waals surface area contributed by atoms with Gasteiger partial charge in [0.2, 0.25) is 0 Å². The smallest absolute Gasteiger partial charge is 0.0884 e. The maximum atomic E-state index is 10.5. The molecule has 0 aromatic rings. The summed E-state index contributed by atoms with van der Waals surface area (Å²) in [6.07, 6.45) is 5.88. The number of rotatable bonds is 4. The second-order valence-corrected chi connectivity index (χ2v) is 6.13. The summed E-state index contributed by atoms with van der Waals surface area (Å²) in [5.41, 5.74) is 0.0207. The first-order valence-corrected chi connectivity index (χ1v) is 6.76.